The number of aryl methyl sites for hydroxylation is 1. The van der Waals surface area contributed by atoms with Crippen LogP contribution in [0, 0.1) is 0 Å². The van der Waals surface area contributed by atoms with E-state index >= 15 is 0 Å². The lowest BCUT2D eigenvalue weighted by Crippen LogP contribution is -2.15. The number of benzene rings is 1. The third kappa shape index (κ3) is 2.22. The van der Waals surface area contributed by atoms with E-state index in [1.807, 2.05) is 19.1 Å². The van der Waals surface area contributed by atoms with Crippen molar-refractivity contribution in [1.29, 1.82) is 0 Å². The summed E-state index contributed by atoms with van der Waals surface area (Å²) in [5.41, 5.74) is 6.86. The largest absolute Gasteiger partial charge is 0.496 e. The zero-order valence-electron chi connectivity index (χ0n) is 9.66. The molecular weight excluding hydrogens is 206 g/mol. The van der Waals surface area contributed by atoms with Crippen LogP contribution in [-0.4, -0.2) is 19.9 Å². The van der Waals surface area contributed by atoms with Gasteiger partial charge in [0.05, 0.1) is 7.11 Å². The Bertz CT molecular complexity index is 377. The second kappa shape index (κ2) is 4.61. The zero-order valence-corrected chi connectivity index (χ0v) is 9.66. The predicted molar refractivity (Wildman–Crippen MR) is 61.1 cm³/mol. The zero-order chi connectivity index (χ0) is 11.5. The Morgan fingerprint density at radius 2 is 2.06 bits per heavy atom. The number of methoxy groups -OCH3 is 1. The summed E-state index contributed by atoms with van der Waals surface area (Å²) in [4.78, 5) is 0. The average Bonchev–Trinajstić information content (AvgIpc) is 2.71. The van der Waals surface area contributed by atoms with Crippen molar-refractivity contribution < 1.29 is 14.2 Å². The van der Waals surface area contributed by atoms with Crippen LogP contribution >= 0.6 is 0 Å². The molecule has 2 N–H and O–H groups in total. The van der Waals surface area contributed by atoms with Crippen LogP contribution in [0.4, 0.5) is 0 Å². The molecule has 1 atom stereocenters. The Hall–Kier alpha value is -1.42. The van der Waals surface area contributed by atoms with Crippen LogP contribution in [0.3, 0.4) is 0 Å². The first-order valence-electron chi connectivity index (χ1n) is 5.43. The van der Waals surface area contributed by atoms with E-state index in [1.165, 1.54) is 0 Å². The molecule has 0 radical (unpaired) electrons. The Kier molecular flexibility index (Phi) is 3.19. The highest BCUT2D eigenvalue weighted by Crippen LogP contribution is 2.38. The van der Waals surface area contributed by atoms with Gasteiger partial charge in [-0.3, -0.25) is 0 Å². The first-order chi connectivity index (χ1) is 7.70. The monoisotopic (exact) mass is 223 g/mol. The lowest BCUT2D eigenvalue weighted by Gasteiger charge is -2.11. The predicted octanol–water partition coefficient (Wildman–Crippen LogP) is 1.70. The fraction of sp³-hybridized carbons (Fsp3) is 0.500. The molecule has 0 fully saturated rings. The summed E-state index contributed by atoms with van der Waals surface area (Å²) >= 11 is 0. The third-order valence-electron chi connectivity index (χ3n) is 2.64. The van der Waals surface area contributed by atoms with E-state index in [4.69, 9.17) is 19.9 Å². The van der Waals surface area contributed by atoms with Crippen molar-refractivity contribution in [3.63, 3.8) is 0 Å². The summed E-state index contributed by atoms with van der Waals surface area (Å²) in [6, 6.07) is 4.04. The maximum Gasteiger partial charge on any atom is 0.231 e. The molecule has 0 aliphatic carbocycles. The first-order valence-corrected chi connectivity index (χ1v) is 5.43. The third-order valence-corrected chi connectivity index (χ3v) is 2.64. The highest BCUT2D eigenvalue weighted by molar-refractivity contribution is 5.51. The van der Waals surface area contributed by atoms with Gasteiger partial charge >= 0.3 is 0 Å². The number of ether oxygens (including phenoxy) is 3. The van der Waals surface area contributed by atoms with Gasteiger partial charge in [-0.25, -0.2) is 0 Å². The summed E-state index contributed by atoms with van der Waals surface area (Å²) in [6.45, 7) is 2.29. The highest BCUT2D eigenvalue weighted by atomic mass is 16.7. The minimum Gasteiger partial charge on any atom is -0.496 e. The maximum absolute atomic E-state index is 5.75. The van der Waals surface area contributed by atoms with Crippen molar-refractivity contribution >= 4 is 0 Å². The quantitative estimate of drug-likeness (QED) is 0.844. The van der Waals surface area contributed by atoms with Crippen molar-refractivity contribution in [3.05, 3.63) is 17.7 Å². The van der Waals surface area contributed by atoms with Crippen LogP contribution in [0.5, 0.6) is 17.2 Å². The lowest BCUT2D eigenvalue weighted by atomic mass is 10.0. The molecule has 0 spiro atoms. The molecule has 0 saturated carbocycles. The summed E-state index contributed by atoms with van der Waals surface area (Å²) in [5, 5.41) is 0. The first kappa shape index (κ1) is 11.1. The molecule has 88 valence electrons. The van der Waals surface area contributed by atoms with Crippen LogP contribution in [0.1, 0.15) is 18.9 Å². The van der Waals surface area contributed by atoms with E-state index in [2.05, 4.69) is 0 Å². The van der Waals surface area contributed by atoms with Gasteiger partial charge in [0.1, 0.15) is 5.75 Å². The second-order valence-corrected chi connectivity index (χ2v) is 4.03. The van der Waals surface area contributed by atoms with Gasteiger partial charge in [0, 0.05) is 12.1 Å². The Balaban J connectivity index is 2.22. The molecule has 4 heteroatoms. The maximum atomic E-state index is 5.75. The average molecular weight is 223 g/mol. The summed E-state index contributed by atoms with van der Waals surface area (Å²) in [6.07, 6.45) is 1.81. The van der Waals surface area contributed by atoms with E-state index in [1.54, 1.807) is 7.11 Å². The van der Waals surface area contributed by atoms with Gasteiger partial charge in [-0.2, -0.15) is 0 Å². The highest BCUT2D eigenvalue weighted by Gasteiger charge is 2.17. The van der Waals surface area contributed by atoms with Crippen LogP contribution in [0.2, 0.25) is 0 Å². The standard InChI is InChI=1S/C12H17NO3/c1-8(13)3-4-9-5-11-12(16-7-15-11)6-10(9)14-2/h5-6,8H,3-4,7,13H2,1-2H3/t8-/m1/s1. The fourth-order valence-electron chi connectivity index (χ4n) is 1.73. The van der Waals surface area contributed by atoms with Gasteiger partial charge in [-0.1, -0.05) is 0 Å². The molecule has 4 nitrogen and oxygen atoms in total. The van der Waals surface area contributed by atoms with Gasteiger partial charge in [0.2, 0.25) is 6.79 Å². The SMILES string of the molecule is COc1cc2c(cc1CC[C@@H](C)N)OCO2. The molecule has 2 rings (SSSR count). The van der Waals surface area contributed by atoms with Crippen molar-refractivity contribution in [2.24, 2.45) is 5.73 Å². The van der Waals surface area contributed by atoms with Crippen molar-refractivity contribution in [3.8, 4) is 17.2 Å². The molecule has 0 aromatic heterocycles. The van der Waals surface area contributed by atoms with Crippen LogP contribution in [0.15, 0.2) is 12.1 Å². The number of hydrogen-bond acceptors (Lipinski definition) is 4. The Labute approximate surface area is 95.3 Å². The molecule has 1 aromatic rings. The molecule has 16 heavy (non-hydrogen) atoms. The molecule has 0 unspecified atom stereocenters. The summed E-state index contributed by atoms with van der Waals surface area (Å²) in [5.74, 6) is 2.38. The van der Waals surface area contributed by atoms with E-state index in [0.29, 0.717) is 0 Å². The Morgan fingerprint density at radius 3 is 2.69 bits per heavy atom. The van der Waals surface area contributed by atoms with Crippen molar-refractivity contribution in [1.82, 2.24) is 0 Å². The van der Waals surface area contributed by atoms with Crippen LogP contribution in [-0.2, 0) is 6.42 Å². The number of hydrogen-bond donors (Lipinski definition) is 1. The van der Waals surface area contributed by atoms with Gasteiger partial charge in [-0.15, -0.1) is 0 Å². The fourth-order valence-corrected chi connectivity index (χ4v) is 1.73. The minimum atomic E-state index is 0.190. The normalized spacial score (nSPS) is 14.9. The van der Waals surface area contributed by atoms with Gasteiger partial charge in [-0.05, 0) is 31.4 Å². The summed E-state index contributed by atoms with van der Waals surface area (Å²) < 4.78 is 16.0. The molecule has 0 saturated heterocycles. The van der Waals surface area contributed by atoms with Crippen molar-refractivity contribution in [2.45, 2.75) is 25.8 Å². The van der Waals surface area contributed by atoms with Gasteiger partial charge in [0.15, 0.2) is 11.5 Å². The molecule has 1 aromatic carbocycles. The topological polar surface area (TPSA) is 53.7 Å². The molecule has 0 bridgehead atoms. The van der Waals surface area contributed by atoms with E-state index in [-0.39, 0.29) is 12.8 Å². The number of rotatable bonds is 4. The Morgan fingerprint density at radius 1 is 1.38 bits per heavy atom. The second-order valence-electron chi connectivity index (χ2n) is 4.03. The van der Waals surface area contributed by atoms with Crippen LogP contribution < -0.4 is 19.9 Å². The number of fused-ring (bicyclic) bond motifs is 1. The molecule has 1 heterocycles. The number of nitrogens with two attached hydrogens (primary N) is 1. The molecule has 1 aliphatic heterocycles. The van der Waals surface area contributed by atoms with Crippen LogP contribution in [0.25, 0.3) is 0 Å². The lowest BCUT2D eigenvalue weighted by molar-refractivity contribution is 0.174. The van der Waals surface area contributed by atoms with E-state index in [9.17, 15) is 0 Å². The minimum absolute atomic E-state index is 0.190. The van der Waals surface area contributed by atoms with E-state index in [0.717, 1.165) is 35.7 Å². The smallest absolute Gasteiger partial charge is 0.231 e. The van der Waals surface area contributed by atoms with E-state index < -0.39 is 0 Å². The van der Waals surface area contributed by atoms with Crippen molar-refractivity contribution in [2.75, 3.05) is 13.9 Å². The van der Waals surface area contributed by atoms with Gasteiger partial charge in [0.25, 0.3) is 0 Å². The summed E-state index contributed by atoms with van der Waals surface area (Å²) in [7, 11) is 1.66. The van der Waals surface area contributed by atoms with Gasteiger partial charge < -0.3 is 19.9 Å². The molecule has 1 aliphatic rings. The molecular formula is C12H17NO3. The molecule has 0 amide bonds.